The van der Waals surface area contributed by atoms with E-state index in [0.29, 0.717) is 16.7 Å². The predicted octanol–water partition coefficient (Wildman–Crippen LogP) is 6.27. The third-order valence-corrected chi connectivity index (χ3v) is 5.39. The molecule has 6 heteroatoms. The number of oxazole rings is 1. The molecule has 0 bridgehead atoms. The third-order valence-electron chi connectivity index (χ3n) is 4.45. The summed E-state index contributed by atoms with van der Waals surface area (Å²) in [7, 11) is 0. The summed E-state index contributed by atoms with van der Waals surface area (Å²) >= 11 is 1.23. The first kappa shape index (κ1) is 19.9. The summed E-state index contributed by atoms with van der Waals surface area (Å²) in [6, 6.07) is 25.2. The van der Waals surface area contributed by atoms with E-state index in [0.717, 1.165) is 16.8 Å². The van der Waals surface area contributed by atoms with E-state index in [1.807, 2.05) is 60.7 Å². The second-order valence-electron chi connectivity index (χ2n) is 6.65. The minimum atomic E-state index is -0.457. The van der Waals surface area contributed by atoms with Crippen LogP contribution >= 0.6 is 11.8 Å². The Balaban J connectivity index is 1.57. The summed E-state index contributed by atoms with van der Waals surface area (Å²) in [5, 5.41) is 2.73. The van der Waals surface area contributed by atoms with Gasteiger partial charge in [-0.1, -0.05) is 72.4 Å². The number of carbonyl (C=O) groups excluding carboxylic acids is 1. The van der Waals surface area contributed by atoms with Gasteiger partial charge in [0.05, 0.1) is 5.25 Å². The van der Waals surface area contributed by atoms with Gasteiger partial charge in [-0.15, -0.1) is 0 Å². The Labute approximate surface area is 178 Å². The zero-order valence-corrected chi connectivity index (χ0v) is 17.0. The van der Waals surface area contributed by atoms with Crippen molar-refractivity contribution < 1.29 is 13.6 Å². The molecular formula is C24H19FN2O2S. The molecule has 30 heavy (non-hydrogen) atoms. The molecule has 150 valence electrons. The Hall–Kier alpha value is -3.38. The van der Waals surface area contributed by atoms with Crippen LogP contribution in [0.5, 0.6) is 0 Å². The van der Waals surface area contributed by atoms with Crippen LogP contribution in [0.3, 0.4) is 0 Å². The first-order valence-corrected chi connectivity index (χ1v) is 10.3. The van der Waals surface area contributed by atoms with Gasteiger partial charge in [-0.05, 0) is 31.2 Å². The molecule has 0 aliphatic heterocycles. The van der Waals surface area contributed by atoms with Crippen LogP contribution in [0, 0.1) is 5.82 Å². The minimum absolute atomic E-state index is 0.215. The molecule has 3 aromatic carbocycles. The lowest BCUT2D eigenvalue weighted by molar-refractivity contribution is -0.115. The monoisotopic (exact) mass is 418 g/mol. The number of halogens is 1. The molecule has 1 atom stereocenters. The van der Waals surface area contributed by atoms with Crippen LogP contribution in [0.4, 0.5) is 10.1 Å². The van der Waals surface area contributed by atoms with E-state index in [2.05, 4.69) is 10.3 Å². The molecular weight excluding hydrogens is 399 g/mol. The summed E-state index contributed by atoms with van der Waals surface area (Å²) in [5.74, 6) is 0.0971. The molecule has 4 aromatic rings. The van der Waals surface area contributed by atoms with Gasteiger partial charge in [0, 0.05) is 16.8 Å². The number of thioether (sulfide) groups is 1. The summed E-state index contributed by atoms with van der Waals surface area (Å²) in [5.41, 5.74) is 3.13. The molecule has 0 radical (unpaired) electrons. The largest absolute Gasteiger partial charge is 0.431 e. The van der Waals surface area contributed by atoms with E-state index in [-0.39, 0.29) is 11.7 Å². The quantitative estimate of drug-likeness (QED) is 0.375. The second-order valence-corrected chi connectivity index (χ2v) is 7.94. The van der Waals surface area contributed by atoms with E-state index in [1.54, 1.807) is 6.92 Å². The molecule has 0 aliphatic carbocycles. The van der Waals surface area contributed by atoms with Crippen molar-refractivity contribution in [3.63, 3.8) is 0 Å². The van der Waals surface area contributed by atoms with Crippen molar-refractivity contribution in [2.24, 2.45) is 0 Å². The maximum Gasteiger partial charge on any atom is 0.257 e. The summed E-state index contributed by atoms with van der Waals surface area (Å²) < 4.78 is 19.1. The molecule has 0 spiro atoms. The average molecular weight is 418 g/mol. The van der Waals surface area contributed by atoms with Crippen molar-refractivity contribution in [1.29, 1.82) is 0 Å². The number of nitrogens with one attached hydrogen (secondary N) is 1. The molecule has 1 N–H and O–H groups in total. The van der Waals surface area contributed by atoms with E-state index in [1.165, 1.54) is 36.0 Å². The lowest BCUT2D eigenvalue weighted by atomic mass is 10.1. The molecule has 0 saturated carbocycles. The van der Waals surface area contributed by atoms with Crippen molar-refractivity contribution in [3.8, 4) is 22.6 Å². The predicted molar refractivity (Wildman–Crippen MR) is 118 cm³/mol. The van der Waals surface area contributed by atoms with Crippen LogP contribution in [0.1, 0.15) is 6.92 Å². The van der Waals surface area contributed by atoms with Crippen LogP contribution in [-0.4, -0.2) is 16.1 Å². The van der Waals surface area contributed by atoms with E-state index < -0.39 is 5.25 Å². The normalized spacial score (nSPS) is 11.8. The number of carbonyl (C=O) groups is 1. The van der Waals surface area contributed by atoms with E-state index in [9.17, 15) is 9.18 Å². The van der Waals surface area contributed by atoms with Gasteiger partial charge in [-0.3, -0.25) is 4.79 Å². The number of amides is 1. The molecule has 0 aliphatic rings. The molecule has 0 unspecified atom stereocenters. The Morgan fingerprint density at radius 2 is 1.53 bits per heavy atom. The highest BCUT2D eigenvalue weighted by molar-refractivity contribution is 8.00. The second kappa shape index (κ2) is 8.97. The number of benzene rings is 3. The fourth-order valence-electron chi connectivity index (χ4n) is 2.91. The Morgan fingerprint density at radius 3 is 2.17 bits per heavy atom. The van der Waals surface area contributed by atoms with Crippen molar-refractivity contribution in [2.45, 2.75) is 17.4 Å². The van der Waals surface area contributed by atoms with Gasteiger partial charge in [-0.25, -0.2) is 9.37 Å². The highest BCUT2D eigenvalue weighted by atomic mass is 32.2. The number of anilines is 1. The number of rotatable bonds is 6. The SMILES string of the molecule is C[C@H](Sc1nc(-c2ccccc2)c(-c2ccccc2)o1)C(=O)Nc1ccc(F)cc1. The summed E-state index contributed by atoms with van der Waals surface area (Å²) in [6.07, 6.45) is 0. The fraction of sp³-hybridized carbons (Fsp3) is 0.0833. The molecule has 4 rings (SSSR count). The zero-order valence-electron chi connectivity index (χ0n) is 16.2. The Bertz CT molecular complexity index is 1070. The van der Waals surface area contributed by atoms with Crippen LogP contribution in [0.2, 0.25) is 0 Å². The molecule has 4 nitrogen and oxygen atoms in total. The molecule has 0 saturated heterocycles. The number of hydrogen-bond donors (Lipinski definition) is 1. The third kappa shape index (κ3) is 4.60. The van der Waals surface area contributed by atoms with Crippen LogP contribution in [0.15, 0.2) is 94.6 Å². The van der Waals surface area contributed by atoms with Crippen molar-refractivity contribution in [1.82, 2.24) is 4.98 Å². The maximum absolute atomic E-state index is 13.1. The maximum atomic E-state index is 13.1. The smallest absolute Gasteiger partial charge is 0.257 e. The standard InChI is InChI=1S/C24H19FN2O2S/c1-16(23(28)26-20-14-12-19(25)13-15-20)30-24-27-21(17-8-4-2-5-9-17)22(29-24)18-10-6-3-7-11-18/h2-16H,1H3,(H,26,28)/t16-/m0/s1. The van der Waals surface area contributed by atoms with Crippen LogP contribution in [0.25, 0.3) is 22.6 Å². The fourth-order valence-corrected chi connectivity index (χ4v) is 3.65. The van der Waals surface area contributed by atoms with Crippen LogP contribution < -0.4 is 5.32 Å². The van der Waals surface area contributed by atoms with Crippen molar-refractivity contribution in [2.75, 3.05) is 5.32 Å². The zero-order chi connectivity index (χ0) is 20.9. The van der Waals surface area contributed by atoms with Crippen molar-refractivity contribution in [3.05, 3.63) is 90.7 Å². The van der Waals surface area contributed by atoms with Gasteiger partial charge >= 0.3 is 0 Å². The van der Waals surface area contributed by atoms with Gasteiger partial charge < -0.3 is 9.73 Å². The molecule has 1 aromatic heterocycles. The average Bonchev–Trinajstić information content (AvgIpc) is 3.20. The Morgan fingerprint density at radius 1 is 0.933 bits per heavy atom. The number of aromatic nitrogens is 1. The lowest BCUT2D eigenvalue weighted by Gasteiger charge is -2.09. The number of nitrogens with zero attached hydrogens (tertiary/aromatic N) is 1. The van der Waals surface area contributed by atoms with E-state index >= 15 is 0 Å². The van der Waals surface area contributed by atoms with Gasteiger partial charge in [-0.2, -0.15) is 0 Å². The molecule has 0 fully saturated rings. The lowest BCUT2D eigenvalue weighted by Crippen LogP contribution is -2.22. The van der Waals surface area contributed by atoms with Gasteiger partial charge in [0.25, 0.3) is 5.22 Å². The first-order valence-electron chi connectivity index (χ1n) is 9.45. The first-order chi connectivity index (χ1) is 14.6. The van der Waals surface area contributed by atoms with Gasteiger partial charge in [0.2, 0.25) is 5.91 Å². The van der Waals surface area contributed by atoms with Crippen molar-refractivity contribution >= 4 is 23.4 Å². The van der Waals surface area contributed by atoms with Crippen LogP contribution in [-0.2, 0) is 4.79 Å². The summed E-state index contributed by atoms with van der Waals surface area (Å²) in [6.45, 7) is 1.78. The minimum Gasteiger partial charge on any atom is -0.431 e. The van der Waals surface area contributed by atoms with E-state index in [4.69, 9.17) is 4.42 Å². The topological polar surface area (TPSA) is 55.1 Å². The molecule has 1 amide bonds. The summed E-state index contributed by atoms with van der Waals surface area (Å²) in [4.78, 5) is 17.2. The number of hydrogen-bond acceptors (Lipinski definition) is 4. The van der Waals surface area contributed by atoms with Gasteiger partial charge in [0.15, 0.2) is 5.76 Å². The highest BCUT2D eigenvalue weighted by Gasteiger charge is 2.22. The van der Waals surface area contributed by atoms with Gasteiger partial charge in [0.1, 0.15) is 11.5 Å². The Kier molecular flexibility index (Phi) is 5.95. The highest BCUT2D eigenvalue weighted by Crippen LogP contribution is 2.36. The molecule has 1 heterocycles.